The largest absolute Gasteiger partial charge is 0.484 e. The molecule has 1 atom stereocenters. The third kappa shape index (κ3) is 4.54. The Bertz CT molecular complexity index is 676. The first-order valence-electron chi connectivity index (χ1n) is 6.59. The molecule has 2 rings (SSSR count). The van der Waals surface area contributed by atoms with Crippen molar-refractivity contribution in [3.05, 3.63) is 63.1 Å². The van der Waals surface area contributed by atoms with Crippen molar-refractivity contribution in [3.8, 4) is 5.75 Å². The average molecular weight is 359 g/mol. The van der Waals surface area contributed by atoms with Crippen LogP contribution in [0.15, 0.2) is 42.5 Å². The number of halogens is 3. The fourth-order valence-electron chi connectivity index (χ4n) is 1.90. The molecule has 0 radical (unpaired) electrons. The molecule has 0 aliphatic heterocycles. The van der Waals surface area contributed by atoms with Crippen LogP contribution < -0.4 is 10.1 Å². The molecule has 3 nitrogen and oxygen atoms in total. The monoisotopic (exact) mass is 357 g/mol. The average Bonchev–Trinajstić information content (AvgIpc) is 2.49. The van der Waals surface area contributed by atoms with E-state index in [1.807, 2.05) is 25.1 Å². The molecule has 2 aromatic rings. The quantitative estimate of drug-likeness (QED) is 0.825. The topological polar surface area (TPSA) is 38.3 Å². The van der Waals surface area contributed by atoms with Crippen LogP contribution in [0.1, 0.15) is 18.5 Å². The third-order valence-electron chi connectivity index (χ3n) is 3.01. The Kier molecular flexibility index (Phi) is 5.95. The molecule has 0 aromatic heterocycles. The zero-order chi connectivity index (χ0) is 16.1. The van der Waals surface area contributed by atoms with E-state index in [9.17, 15) is 4.79 Å². The van der Waals surface area contributed by atoms with Crippen molar-refractivity contribution in [2.75, 3.05) is 6.61 Å². The molecule has 0 aliphatic rings. The minimum Gasteiger partial charge on any atom is -0.484 e. The number of hydrogen-bond acceptors (Lipinski definition) is 2. The molecule has 0 bridgehead atoms. The maximum atomic E-state index is 11.9. The second kappa shape index (κ2) is 7.73. The van der Waals surface area contributed by atoms with Gasteiger partial charge in [-0.1, -0.05) is 53.0 Å². The lowest BCUT2D eigenvalue weighted by Crippen LogP contribution is -2.31. The first-order valence-corrected chi connectivity index (χ1v) is 7.72. The molecule has 2 aromatic carbocycles. The number of carbonyl (C=O) groups is 1. The van der Waals surface area contributed by atoms with Gasteiger partial charge in [0, 0.05) is 11.1 Å². The fourth-order valence-corrected chi connectivity index (χ4v) is 2.49. The van der Waals surface area contributed by atoms with Crippen LogP contribution in [0.3, 0.4) is 0 Å². The van der Waals surface area contributed by atoms with Crippen LogP contribution >= 0.6 is 34.8 Å². The number of benzene rings is 2. The van der Waals surface area contributed by atoms with Crippen LogP contribution in [-0.2, 0) is 4.79 Å². The smallest absolute Gasteiger partial charge is 0.258 e. The van der Waals surface area contributed by atoms with Crippen molar-refractivity contribution >= 4 is 40.7 Å². The molecule has 0 saturated heterocycles. The van der Waals surface area contributed by atoms with E-state index in [-0.39, 0.29) is 18.6 Å². The second-order valence-corrected chi connectivity index (χ2v) is 5.90. The summed E-state index contributed by atoms with van der Waals surface area (Å²) in [6.07, 6.45) is 0. The van der Waals surface area contributed by atoms with E-state index in [2.05, 4.69) is 5.32 Å². The standard InChI is InChI=1S/C16H14Cl3NO2/c1-10(12-4-2-3-5-13(12)17)20-16(21)9-22-11-6-7-14(18)15(19)8-11/h2-8,10H,9H2,1H3,(H,20,21)/t10-/m1/s1. The Balaban J connectivity index is 1.90. The van der Waals surface area contributed by atoms with Gasteiger partial charge in [0.2, 0.25) is 0 Å². The maximum absolute atomic E-state index is 11.9. The lowest BCUT2D eigenvalue weighted by molar-refractivity contribution is -0.123. The zero-order valence-corrected chi connectivity index (χ0v) is 14.0. The van der Waals surface area contributed by atoms with Gasteiger partial charge in [-0.15, -0.1) is 0 Å². The minimum absolute atomic E-state index is 0.118. The third-order valence-corrected chi connectivity index (χ3v) is 4.09. The summed E-state index contributed by atoms with van der Waals surface area (Å²) in [5.74, 6) is 0.230. The number of ether oxygens (including phenoxy) is 1. The Morgan fingerprint density at radius 3 is 2.50 bits per heavy atom. The second-order valence-electron chi connectivity index (χ2n) is 4.68. The van der Waals surface area contributed by atoms with E-state index >= 15 is 0 Å². The first kappa shape index (κ1) is 16.9. The van der Waals surface area contributed by atoms with Crippen LogP contribution in [0.25, 0.3) is 0 Å². The molecule has 1 N–H and O–H groups in total. The maximum Gasteiger partial charge on any atom is 0.258 e. The van der Waals surface area contributed by atoms with Gasteiger partial charge in [0.15, 0.2) is 6.61 Å². The van der Waals surface area contributed by atoms with Crippen molar-refractivity contribution in [1.82, 2.24) is 5.32 Å². The number of carbonyl (C=O) groups excluding carboxylic acids is 1. The van der Waals surface area contributed by atoms with Gasteiger partial charge >= 0.3 is 0 Å². The zero-order valence-electron chi connectivity index (χ0n) is 11.8. The highest BCUT2D eigenvalue weighted by atomic mass is 35.5. The fraction of sp³-hybridized carbons (Fsp3) is 0.188. The van der Waals surface area contributed by atoms with Gasteiger partial charge in [-0.2, -0.15) is 0 Å². The molecule has 0 saturated carbocycles. The van der Waals surface area contributed by atoms with Gasteiger partial charge < -0.3 is 10.1 Å². The predicted molar refractivity (Wildman–Crippen MR) is 90.0 cm³/mol. The first-order chi connectivity index (χ1) is 10.5. The van der Waals surface area contributed by atoms with Gasteiger partial charge in [-0.05, 0) is 30.7 Å². The normalized spacial score (nSPS) is 11.8. The Hall–Kier alpha value is -1.42. The Morgan fingerprint density at radius 1 is 1.09 bits per heavy atom. The van der Waals surface area contributed by atoms with E-state index < -0.39 is 0 Å². The van der Waals surface area contributed by atoms with E-state index in [1.54, 1.807) is 24.3 Å². The molecular weight excluding hydrogens is 345 g/mol. The molecule has 1 amide bonds. The van der Waals surface area contributed by atoms with Gasteiger partial charge in [-0.25, -0.2) is 0 Å². The van der Waals surface area contributed by atoms with E-state index in [1.165, 1.54) is 0 Å². The van der Waals surface area contributed by atoms with Gasteiger partial charge in [0.05, 0.1) is 16.1 Å². The SMILES string of the molecule is C[C@@H](NC(=O)COc1ccc(Cl)c(Cl)c1)c1ccccc1Cl. The lowest BCUT2D eigenvalue weighted by atomic mass is 10.1. The van der Waals surface area contributed by atoms with Crippen LogP contribution in [0, 0.1) is 0 Å². The molecule has 0 unspecified atom stereocenters. The summed E-state index contributed by atoms with van der Waals surface area (Å²) in [6, 6.07) is 12.0. The summed E-state index contributed by atoms with van der Waals surface area (Å²) in [6.45, 7) is 1.74. The molecule has 6 heteroatoms. The van der Waals surface area contributed by atoms with E-state index in [0.29, 0.717) is 20.8 Å². The summed E-state index contributed by atoms with van der Waals surface area (Å²) < 4.78 is 5.38. The molecule has 0 fully saturated rings. The summed E-state index contributed by atoms with van der Waals surface area (Å²) in [5.41, 5.74) is 0.854. The lowest BCUT2D eigenvalue weighted by Gasteiger charge is -2.16. The molecule has 0 aliphatic carbocycles. The van der Waals surface area contributed by atoms with Gasteiger partial charge in [0.1, 0.15) is 5.75 Å². The summed E-state index contributed by atoms with van der Waals surface area (Å²) in [7, 11) is 0. The van der Waals surface area contributed by atoms with Crippen molar-refractivity contribution in [2.45, 2.75) is 13.0 Å². The van der Waals surface area contributed by atoms with Crippen molar-refractivity contribution in [3.63, 3.8) is 0 Å². The van der Waals surface area contributed by atoms with E-state index in [4.69, 9.17) is 39.5 Å². The number of amides is 1. The Labute approximate surface area is 144 Å². The summed E-state index contributed by atoms with van der Waals surface area (Å²) >= 11 is 17.8. The van der Waals surface area contributed by atoms with Crippen LogP contribution in [0.5, 0.6) is 5.75 Å². The summed E-state index contributed by atoms with van der Waals surface area (Å²) in [5, 5.41) is 4.25. The highest BCUT2D eigenvalue weighted by Crippen LogP contribution is 2.26. The highest BCUT2D eigenvalue weighted by Gasteiger charge is 2.12. The highest BCUT2D eigenvalue weighted by molar-refractivity contribution is 6.42. The summed E-state index contributed by atoms with van der Waals surface area (Å²) in [4.78, 5) is 11.9. The van der Waals surface area contributed by atoms with Crippen LogP contribution in [0.4, 0.5) is 0 Å². The molecule has 116 valence electrons. The Morgan fingerprint density at radius 2 is 1.82 bits per heavy atom. The van der Waals surface area contributed by atoms with Gasteiger partial charge in [-0.3, -0.25) is 4.79 Å². The molecule has 0 spiro atoms. The van der Waals surface area contributed by atoms with Crippen molar-refractivity contribution in [2.24, 2.45) is 0 Å². The van der Waals surface area contributed by atoms with Gasteiger partial charge in [0.25, 0.3) is 5.91 Å². The van der Waals surface area contributed by atoms with Crippen LogP contribution in [0.2, 0.25) is 15.1 Å². The minimum atomic E-state index is -0.251. The number of rotatable bonds is 5. The molecule has 0 heterocycles. The number of nitrogens with one attached hydrogen (secondary N) is 1. The van der Waals surface area contributed by atoms with E-state index in [0.717, 1.165) is 5.56 Å². The number of hydrogen-bond donors (Lipinski definition) is 1. The molecule has 22 heavy (non-hydrogen) atoms. The van der Waals surface area contributed by atoms with Crippen LogP contribution in [-0.4, -0.2) is 12.5 Å². The van der Waals surface area contributed by atoms with Crippen molar-refractivity contribution in [1.29, 1.82) is 0 Å². The van der Waals surface area contributed by atoms with Crippen molar-refractivity contribution < 1.29 is 9.53 Å². The molecular formula is C16H14Cl3NO2. The predicted octanol–water partition coefficient (Wildman–Crippen LogP) is 4.90.